The van der Waals surface area contributed by atoms with E-state index in [-0.39, 0.29) is 23.4 Å². The number of amides is 1. The van der Waals surface area contributed by atoms with Gasteiger partial charge >= 0.3 is 0 Å². The SMILES string of the molecule is CCOc1ccc(S(=O)(=O)N(CC(=O)NC2CC3CCC2C3)c2ccc(C)cc2)cc1. The average Bonchev–Trinajstić information content (AvgIpc) is 3.37. The van der Waals surface area contributed by atoms with Crippen LogP contribution in [-0.4, -0.2) is 33.5 Å². The second-order valence-electron chi connectivity index (χ2n) is 8.60. The fourth-order valence-corrected chi connectivity index (χ4v) is 6.25. The molecule has 0 heterocycles. The number of aryl methyl sites for hydroxylation is 1. The Hall–Kier alpha value is -2.54. The van der Waals surface area contributed by atoms with E-state index < -0.39 is 10.0 Å². The first-order chi connectivity index (χ1) is 14.9. The van der Waals surface area contributed by atoms with Gasteiger partial charge in [-0.1, -0.05) is 24.1 Å². The zero-order valence-electron chi connectivity index (χ0n) is 18.1. The molecule has 2 saturated carbocycles. The Morgan fingerprint density at radius 3 is 2.35 bits per heavy atom. The Kier molecular flexibility index (Phi) is 6.23. The highest BCUT2D eigenvalue weighted by molar-refractivity contribution is 7.92. The summed E-state index contributed by atoms with van der Waals surface area (Å²) in [5, 5.41) is 3.11. The largest absolute Gasteiger partial charge is 0.494 e. The Balaban J connectivity index is 1.57. The van der Waals surface area contributed by atoms with Gasteiger partial charge in [0.15, 0.2) is 0 Å². The molecule has 1 N–H and O–H groups in total. The maximum absolute atomic E-state index is 13.5. The summed E-state index contributed by atoms with van der Waals surface area (Å²) in [7, 11) is -3.92. The molecule has 7 heteroatoms. The number of fused-ring (bicyclic) bond motifs is 2. The number of rotatable bonds is 8. The summed E-state index contributed by atoms with van der Waals surface area (Å²) in [6.45, 7) is 4.08. The minimum absolute atomic E-state index is 0.129. The summed E-state index contributed by atoms with van der Waals surface area (Å²) in [4.78, 5) is 13.0. The molecule has 2 bridgehead atoms. The predicted octanol–water partition coefficient (Wildman–Crippen LogP) is 3.89. The van der Waals surface area contributed by atoms with E-state index in [9.17, 15) is 13.2 Å². The molecule has 0 spiro atoms. The number of carbonyl (C=O) groups is 1. The number of nitrogens with zero attached hydrogens (tertiary/aromatic N) is 1. The molecule has 2 aromatic rings. The molecule has 31 heavy (non-hydrogen) atoms. The molecule has 0 radical (unpaired) electrons. The van der Waals surface area contributed by atoms with Crippen molar-refractivity contribution in [3.05, 3.63) is 54.1 Å². The molecule has 0 saturated heterocycles. The molecular weight excluding hydrogens is 412 g/mol. The number of ether oxygens (including phenoxy) is 1. The first kappa shape index (κ1) is 21.7. The molecule has 3 atom stereocenters. The Morgan fingerprint density at radius 2 is 1.77 bits per heavy atom. The highest BCUT2D eigenvalue weighted by Gasteiger charge is 2.40. The van der Waals surface area contributed by atoms with Gasteiger partial charge in [0.05, 0.1) is 17.2 Å². The third-order valence-electron chi connectivity index (χ3n) is 6.42. The van der Waals surface area contributed by atoms with Gasteiger partial charge in [-0.2, -0.15) is 0 Å². The lowest BCUT2D eigenvalue weighted by Gasteiger charge is -2.27. The monoisotopic (exact) mass is 442 g/mol. The second kappa shape index (κ2) is 8.91. The van der Waals surface area contributed by atoms with Crippen molar-refractivity contribution >= 4 is 21.6 Å². The Labute approximate surface area is 184 Å². The van der Waals surface area contributed by atoms with E-state index in [2.05, 4.69) is 5.32 Å². The van der Waals surface area contributed by atoms with Crippen molar-refractivity contribution in [1.29, 1.82) is 0 Å². The first-order valence-electron chi connectivity index (χ1n) is 11.0. The summed E-state index contributed by atoms with van der Waals surface area (Å²) in [6, 6.07) is 13.7. The highest BCUT2D eigenvalue weighted by atomic mass is 32.2. The van der Waals surface area contributed by atoms with Crippen molar-refractivity contribution < 1.29 is 17.9 Å². The minimum Gasteiger partial charge on any atom is -0.494 e. The number of sulfonamides is 1. The van der Waals surface area contributed by atoms with Gasteiger partial charge in [0.1, 0.15) is 12.3 Å². The molecule has 0 aromatic heterocycles. The van der Waals surface area contributed by atoms with Crippen LogP contribution in [0.15, 0.2) is 53.4 Å². The van der Waals surface area contributed by atoms with Crippen LogP contribution < -0.4 is 14.4 Å². The first-order valence-corrected chi connectivity index (χ1v) is 12.4. The predicted molar refractivity (Wildman–Crippen MR) is 121 cm³/mol. The lowest BCUT2D eigenvalue weighted by atomic mass is 9.95. The van der Waals surface area contributed by atoms with Crippen LogP contribution >= 0.6 is 0 Å². The summed E-state index contributed by atoms with van der Waals surface area (Å²) in [5.74, 6) is 1.59. The Bertz CT molecular complexity index is 1020. The normalized spacial score (nSPS) is 22.3. The number of benzene rings is 2. The van der Waals surface area contributed by atoms with E-state index in [1.807, 2.05) is 26.0 Å². The maximum atomic E-state index is 13.5. The number of anilines is 1. The zero-order valence-corrected chi connectivity index (χ0v) is 18.9. The van der Waals surface area contributed by atoms with Crippen molar-refractivity contribution in [3.63, 3.8) is 0 Å². The molecule has 1 amide bonds. The van der Waals surface area contributed by atoms with Gasteiger partial charge in [-0.3, -0.25) is 9.10 Å². The topological polar surface area (TPSA) is 75.7 Å². The van der Waals surface area contributed by atoms with Gasteiger partial charge in [-0.15, -0.1) is 0 Å². The van der Waals surface area contributed by atoms with Gasteiger partial charge in [0.2, 0.25) is 5.91 Å². The molecule has 0 aliphatic heterocycles. The second-order valence-corrected chi connectivity index (χ2v) is 10.5. The van der Waals surface area contributed by atoms with E-state index >= 15 is 0 Å². The van der Waals surface area contributed by atoms with Crippen LogP contribution in [0.3, 0.4) is 0 Å². The molecule has 4 rings (SSSR count). The van der Waals surface area contributed by atoms with Gasteiger partial charge in [0, 0.05) is 6.04 Å². The highest BCUT2D eigenvalue weighted by Crippen LogP contribution is 2.44. The quantitative estimate of drug-likeness (QED) is 0.673. The molecule has 2 aromatic carbocycles. The minimum atomic E-state index is -3.92. The van der Waals surface area contributed by atoms with E-state index in [1.54, 1.807) is 24.3 Å². The number of nitrogens with one attached hydrogen (secondary N) is 1. The summed E-state index contributed by atoms with van der Waals surface area (Å²) in [5.41, 5.74) is 1.50. The summed E-state index contributed by atoms with van der Waals surface area (Å²) >= 11 is 0. The van der Waals surface area contributed by atoms with Crippen molar-refractivity contribution in [2.45, 2.75) is 50.5 Å². The summed E-state index contributed by atoms with van der Waals surface area (Å²) in [6.07, 6.45) is 4.59. The van der Waals surface area contributed by atoms with Crippen molar-refractivity contribution in [2.24, 2.45) is 11.8 Å². The number of hydrogen-bond acceptors (Lipinski definition) is 4. The van der Waals surface area contributed by atoms with Gasteiger partial charge in [-0.25, -0.2) is 8.42 Å². The fourth-order valence-electron chi connectivity index (χ4n) is 4.83. The van der Waals surface area contributed by atoms with Crippen LogP contribution in [0.2, 0.25) is 0 Å². The molecule has 6 nitrogen and oxygen atoms in total. The lowest BCUT2D eigenvalue weighted by molar-refractivity contribution is -0.120. The molecule has 2 aliphatic carbocycles. The van der Waals surface area contributed by atoms with E-state index in [0.717, 1.165) is 18.4 Å². The standard InChI is InChI=1S/C24H30N2O4S/c1-3-30-21-10-12-22(13-11-21)31(28,29)26(20-8-4-17(2)5-9-20)16-24(27)25-23-15-18-6-7-19(23)14-18/h4-5,8-13,18-19,23H,3,6-7,14-16H2,1-2H3,(H,25,27). The van der Waals surface area contributed by atoms with E-state index in [4.69, 9.17) is 4.74 Å². The maximum Gasteiger partial charge on any atom is 0.264 e. The Morgan fingerprint density at radius 1 is 1.06 bits per heavy atom. The van der Waals surface area contributed by atoms with Crippen molar-refractivity contribution in [3.8, 4) is 5.75 Å². The van der Waals surface area contributed by atoms with Crippen LogP contribution in [0.5, 0.6) is 5.75 Å². The lowest BCUT2D eigenvalue weighted by Crippen LogP contribution is -2.46. The van der Waals surface area contributed by atoms with E-state index in [1.165, 1.54) is 29.3 Å². The molecule has 2 fully saturated rings. The van der Waals surface area contributed by atoms with Gasteiger partial charge in [0.25, 0.3) is 10.0 Å². The van der Waals surface area contributed by atoms with Crippen LogP contribution in [-0.2, 0) is 14.8 Å². The molecule has 166 valence electrons. The van der Waals surface area contributed by atoms with Crippen LogP contribution in [0.4, 0.5) is 5.69 Å². The fraction of sp³-hybridized carbons (Fsp3) is 0.458. The average molecular weight is 443 g/mol. The van der Waals surface area contributed by atoms with Crippen LogP contribution in [0.1, 0.15) is 38.2 Å². The van der Waals surface area contributed by atoms with Crippen LogP contribution in [0.25, 0.3) is 0 Å². The van der Waals surface area contributed by atoms with Crippen molar-refractivity contribution in [2.75, 3.05) is 17.5 Å². The van der Waals surface area contributed by atoms with Gasteiger partial charge in [-0.05, 0) is 81.3 Å². The van der Waals surface area contributed by atoms with Gasteiger partial charge < -0.3 is 10.1 Å². The number of carbonyl (C=O) groups excluding carboxylic acids is 1. The zero-order chi connectivity index (χ0) is 22.0. The third-order valence-corrected chi connectivity index (χ3v) is 8.20. The third kappa shape index (κ3) is 4.71. The van der Waals surface area contributed by atoms with Crippen molar-refractivity contribution in [1.82, 2.24) is 5.32 Å². The van der Waals surface area contributed by atoms with Crippen LogP contribution in [0, 0.1) is 18.8 Å². The summed E-state index contributed by atoms with van der Waals surface area (Å²) < 4.78 is 33.6. The number of hydrogen-bond donors (Lipinski definition) is 1. The molecular formula is C24H30N2O4S. The smallest absolute Gasteiger partial charge is 0.264 e. The molecule has 2 aliphatic rings. The van der Waals surface area contributed by atoms with E-state index in [0.29, 0.717) is 29.9 Å². The molecule has 3 unspecified atom stereocenters.